The Labute approximate surface area is 112 Å². The third-order valence-corrected chi connectivity index (χ3v) is 3.27. The number of aromatic nitrogens is 3. The summed E-state index contributed by atoms with van der Waals surface area (Å²) in [7, 11) is 1.91. The van der Waals surface area contributed by atoms with Crippen LogP contribution in [0.1, 0.15) is 37.7 Å². The van der Waals surface area contributed by atoms with Gasteiger partial charge in [-0.3, -0.25) is 0 Å². The van der Waals surface area contributed by atoms with Crippen LogP contribution in [0.2, 0.25) is 0 Å². The maximum atomic E-state index is 13.3. The van der Waals surface area contributed by atoms with Crippen molar-refractivity contribution in [3.8, 4) is 5.69 Å². The second-order valence-electron chi connectivity index (χ2n) is 4.42. The zero-order valence-corrected chi connectivity index (χ0v) is 11.5. The van der Waals surface area contributed by atoms with Crippen LogP contribution in [0.5, 0.6) is 0 Å². The Morgan fingerprint density at radius 2 is 2.16 bits per heavy atom. The number of nitrogens with one attached hydrogen (secondary N) is 1. The highest BCUT2D eigenvalue weighted by Gasteiger charge is 2.19. The van der Waals surface area contributed by atoms with Gasteiger partial charge in [0.25, 0.3) is 0 Å². The van der Waals surface area contributed by atoms with Crippen molar-refractivity contribution in [1.29, 1.82) is 0 Å². The summed E-state index contributed by atoms with van der Waals surface area (Å²) < 4.78 is 15.0. The van der Waals surface area contributed by atoms with E-state index in [0.29, 0.717) is 5.69 Å². The first-order valence-corrected chi connectivity index (χ1v) is 6.58. The zero-order valence-electron chi connectivity index (χ0n) is 11.5. The van der Waals surface area contributed by atoms with E-state index in [1.165, 1.54) is 12.1 Å². The SMILES string of the molecule is CCc1c(C(CC)NC)nnn1-c1cccc(F)c1. The highest BCUT2D eigenvalue weighted by atomic mass is 19.1. The molecule has 4 nitrogen and oxygen atoms in total. The summed E-state index contributed by atoms with van der Waals surface area (Å²) in [6.07, 6.45) is 1.74. The van der Waals surface area contributed by atoms with Crippen molar-refractivity contribution in [1.82, 2.24) is 20.3 Å². The molecule has 0 spiro atoms. The summed E-state index contributed by atoms with van der Waals surface area (Å²) in [6.45, 7) is 4.15. The van der Waals surface area contributed by atoms with Crippen molar-refractivity contribution in [3.63, 3.8) is 0 Å². The average Bonchev–Trinajstić information content (AvgIpc) is 2.84. The number of halogens is 1. The Kier molecular flexibility index (Phi) is 4.27. The number of nitrogens with zero attached hydrogens (tertiary/aromatic N) is 3. The first kappa shape index (κ1) is 13.7. The highest BCUT2D eigenvalue weighted by molar-refractivity contribution is 5.34. The number of benzene rings is 1. The number of rotatable bonds is 5. The van der Waals surface area contributed by atoms with E-state index in [1.807, 2.05) is 13.1 Å². The second kappa shape index (κ2) is 5.93. The molecule has 0 radical (unpaired) electrons. The molecule has 0 saturated carbocycles. The molecule has 5 heteroatoms. The largest absolute Gasteiger partial charge is 0.312 e. The van der Waals surface area contributed by atoms with E-state index in [0.717, 1.165) is 24.2 Å². The van der Waals surface area contributed by atoms with Gasteiger partial charge in [0.2, 0.25) is 0 Å². The normalized spacial score (nSPS) is 12.6. The highest BCUT2D eigenvalue weighted by Crippen LogP contribution is 2.21. The van der Waals surface area contributed by atoms with E-state index in [-0.39, 0.29) is 11.9 Å². The molecule has 1 unspecified atom stereocenters. The molecular weight excluding hydrogens is 243 g/mol. The fraction of sp³-hybridized carbons (Fsp3) is 0.429. The fourth-order valence-corrected chi connectivity index (χ4v) is 2.26. The minimum Gasteiger partial charge on any atom is -0.312 e. The minimum atomic E-state index is -0.266. The molecule has 1 atom stereocenters. The van der Waals surface area contributed by atoms with Gasteiger partial charge in [0, 0.05) is 0 Å². The molecule has 0 amide bonds. The average molecular weight is 262 g/mol. The van der Waals surface area contributed by atoms with Crippen LogP contribution in [0.15, 0.2) is 24.3 Å². The van der Waals surface area contributed by atoms with Crippen LogP contribution in [0.25, 0.3) is 5.69 Å². The molecule has 1 aromatic heterocycles. The molecule has 0 aliphatic rings. The van der Waals surface area contributed by atoms with Gasteiger partial charge in [-0.2, -0.15) is 0 Å². The third kappa shape index (κ3) is 2.66. The Hall–Kier alpha value is -1.75. The van der Waals surface area contributed by atoms with Crippen LogP contribution >= 0.6 is 0 Å². The Morgan fingerprint density at radius 1 is 1.37 bits per heavy atom. The van der Waals surface area contributed by atoms with E-state index >= 15 is 0 Å². The third-order valence-electron chi connectivity index (χ3n) is 3.27. The van der Waals surface area contributed by atoms with E-state index in [1.54, 1.807) is 10.7 Å². The summed E-state index contributed by atoms with van der Waals surface area (Å²) >= 11 is 0. The van der Waals surface area contributed by atoms with E-state index in [9.17, 15) is 4.39 Å². The van der Waals surface area contributed by atoms with Gasteiger partial charge in [-0.15, -0.1) is 5.10 Å². The second-order valence-corrected chi connectivity index (χ2v) is 4.42. The molecule has 102 valence electrons. The Morgan fingerprint density at radius 3 is 2.74 bits per heavy atom. The van der Waals surface area contributed by atoms with E-state index in [2.05, 4.69) is 29.5 Å². The Balaban J connectivity index is 2.48. The molecule has 2 aromatic rings. The van der Waals surface area contributed by atoms with Crippen molar-refractivity contribution < 1.29 is 4.39 Å². The summed E-state index contributed by atoms with van der Waals surface area (Å²) in [5.41, 5.74) is 2.67. The lowest BCUT2D eigenvalue weighted by Gasteiger charge is -2.13. The molecule has 0 fully saturated rings. The van der Waals surface area contributed by atoms with Crippen molar-refractivity contribution >= 4 is 0 Å². The van der Waals surface area contributed by atoms with Crippen molar-refractivity contribution in [2.45, 2.75) is 32.7 Å². The molecule has 0 aliphatic carbocycles. The predicted octanol–water partition coefficient (Wildman–Crippen LogP) is 2.64. The van der Waals surface area contributed by atoms with Gasteiger partial charge < -0.3 is 5.32 Å². The Bertz CT molecular complexity index is 546. The summed E-state index contributed by atoms with van der Waals surface area (Å²) in [6, 6.07) is 6.59. The number of hydrogen-bond acceptors (Lipinski definition) is 3. The van der Waals surface area contributed by atoms with Crippen LogP contribution in [-0.4, -0.2) is 22.0 Å². The molecule has 0 bridgehead atoms. The number of hydrogen-bond donors (Lipinski definition) is 1. The standard InChI is InChI=1S/C14H19FN4/c1-4-12(16-3)14-13(5-2)19(18-17-14)11-8-6-7-10(15)9-11/h6-9,12,16H,4-5H2,1-3H3. The molecule has 1 heterocycles. The summed E-state index contributed by atoms with van der Waals surface area (Å²) in [5.74, 6) is -0.266. The monoisotopic (exact) mass is 262 g/mol. The van der Waals surface area contributed by atoms with Crippen LogP contribution < -0.4 is 5.32 Å². The van der Waals surface area contributed by atoms with Gasteiger partial charge in [0.1, 0.15) is 11.5 Å². The van der Waals surface area contributed by atoms with Gasteiger partial charge in [-0.05, 0) is 38.1 Å². The first-order valence-electron chi connectivity index (χ1n) is 6.58. The maximum Gasteiger partial charge on any atom is 0.125 e. The van der Waals surface area contributed by atoms with Crippen LogP contribution in [0.3, 0.4) is 0 Å². The molecule has 1 N–H and O–H groups in total. The van der Waals surface area contributed by atoms with Gasteiger partial charge in [-0.25, -0.2) is 9.07 Å². The maximum absolute atomic E-state index is 13.3. The predicted molar refractivity (Wildman–Crippen MR) is 72.8 cm³/mol. The van der Waals surface area contributed by atoms with Gasteiger partial charge in [-0.1, -0.05) is 25.1 Å². The topological polar surface area (TPSA) is 42.7 Å². The molecule has 0 aliphatic heterocycles. The van der Waals surface area contributed by atoms with Crippen molar-refractivity contribution in [2.75, 3.05) is 7.05 Å². The summed E-state index contributed by atoms with van der Waals surface area (Å²) in [5, 5.41) is 11.7. The lowest BCUT2D eigenvalue weighted by atomic mass is 10.1. The molecular formula is C14H19FN4. The lowest BCUT2D eigenvalue weighted by Crippen LogP contribution is -2.17. The van der Waals surface area contributed by atoms with Gasteiger partial charge >= 0.3 is 0 Å². The molecule has 0 saturated heterocycles. The minimum absolute atomic E-state index is 0.178. The smallest absolute Gasteiger partial charge is 0.125 e. The van der Waals surface area contributed by atoms with Crippen LogP contribution in [-0.2, 0) is 6.42 Å². The first-order chi connectivity index (χ1) is 9.21. The molecule has 1 aromatic carbocycles. The van der Waals surface area contributed by atoms with Crippen molar-refractivity contribution in [3.05, 3.63) is 41.5 Å². The lowest BCUT2D eigenvalue weighted by molar-refractivity contribution is 0.555. The van der Waals surface area contributed by atoms with Gasteiger partial charge in [0.05, 0.1) is 17.4 Å². The summed E-state index contributed by atoms with van der Waals surface area (Å²) in [4.78, 5) is 0. The molecule has 2 rings (SSSR count). The van der Waals surface area contributed by atoms with Crippen molar-refractivity contribution in [2.24, 2.45) is 0 Å². The van der Waals surface area contributed by atoms with E-state index in [4.69, 9.17) is 0 Å². The van der Waals surface area contributed by atoms with E-state index < -0.39 is 0 Å². The van der Waals surface area contributed by atoms with Gasteiger partial charge in [0.15, 0.2) is 0 Å². The van der Waals surface area contributed by atoms with Crippen LogP contribution in [0.4, 0.5) is 4.39 Å². The fourth-order valence-electron chi connectivity index (χ4n) is 2.26. The quantitative estimate of drug-likeness (QED) is 0.900. The van der Waals surface area contributed by atoms with Crippen LogP contribution in [0, 0.1) is 5.82 Å². The molecule has 19 heavy (non-hydrogen) atoms. The zero-order chi connectivity index (χ0) is 13.8.